The van der Waals surface area contributed by atoms with E-state index in [1.165, 1.54) is 22.3 Å². The molecule has 2 aromatic carbocycles. The molecule has 0 heterocycles. The first kappa shape index (κ1) is 23.0. The highest BCUT2D eigenvalue weighted by molar-refractivity contribution is 5.60. The molecule has 0 fully saturated rings. The van der Waals surface area contributed by atoms with Crippen LogP contribution in [0.2, 0.25) is 0 Å². The van der Waals surface area contributed by atoms with Crippen LogP contribution in [0.1, 0.15) is 90.5 Å². The predicted molar refractivity (Wildman–Crippen MR) is 129 cm³/mol. The topological polar surface area (TPSA) is 9.23 Å². The van der Waals surface area contributed by atoms with Crippen molar-refractivity contribution in [3.63, 3.8) is 0 Å². The van der Waals surface area contributed by atoms with Gasteiger partial charge in [0.25, 0.3) is 0 Å². The minimum atomic E-state index is 0.0957. The maximum Gasteiger partial charge on any atom is 0.128 e. The fraction of sp³-hybridized carbons (Fsp3) is 0.429. The summed E-state index contributed by atoms with van der Waals surface area (Å²) in [6.45, 7) is 17.8. The van der Waals surface area contributed by atoms with E-state index in [1.54, 1.807) is 0 Å². The van der Waals surface area contributed by atoms with E-state index in [2.05, 4.69) is 116 Å². The number of hydrogen-bond donors (Lipinski definition) is 0. The van der Waals surface area contributed by atoms with Gasteiger partial charge in [-0.25, -0.2) is 0 Å². The van der Waals surface area contributed by atoms with Crippen LogP contribution in [-0.2, 0) is 10.8 Å². The molecule has 0 amide bonds. The van der Waals surface area contributed by atoms with E-state index in [0.717, 1.165) is 24.3 Å². The fourth-order valence-electron chi connectivity index (χ4n) is 3.48. The summed E-state index contributed by atoms with van der Waals surface area (Å²) in [6, 6.07) is 12.9. The Hall–Kier alpha value is -2.28. The van der Waals surface area contributed by atoms with E-state index >= 15 is 0 Å². The normalized spacial score (nSPS) is 12.8. The molecule has 0 aliphatic rings. The van der Waals surface area contributed by atoms with Crippen molar-refractivity contribution in [2.45, 2.75) is 79.1 Å². The zero-order chi connectivity index (χ0) is 21.7. The average molecular weight is 391 g/mol. The first-order chi connectivity index (χ1) is 13.6. The van der Waals surface area contributed by atoms with E-state index in [0.29, 0.717) is 0 Å². The summed E-state index contributed by atoms with van der Waals surface area (Å²) >= 11 is 0. The monoisotopic (exact) mass is 390 g/mol. The molecule has 0 atom stereocenters. The Morgan fingerprint density at radius 2 is 1.03 bits per heavy atom. The number of hydrogen-bond acceptors (Lipinski definition) is 1. The molecule has 1 heteroatoms. The van der Waals surface area contributed by atoms with Crippen molar-refractivity contribution < 1.29 is 4.74 Å². The lowest BCUT2D eigenvalue weighted by Crippen LogP contribution is -2.13. The van der Waals surface area contributed by atoms with E-state index in [4.69, 9.17) is 4.74 Å². The molecular weight excluding hydrogens is 352 g/mol. The second kappa shape index (κ2) is 9.48. The quantitative estimate of drug-likeness (QED) is 0.478. The lowest BCUT2D eigenvalue weighted by atomic mass is 9.83. The number of allylic oxidation sites excluding steroid dienone is 2. The Kier molecular flexibility index (Phi) is 7.52. The summed E-state index contributed by atoms with van der Waals surface area (Å²) in [4.78, 5) is 0. The van der Waals surface area contributed by atoms with Gasteiger partial charge in [0.05, 0.1) is 0 Å². The molecule has 0 N–H and O–H groups in total. The Bertz CT molecular complexity index is 797. The molecule has 0 aliphatic heterocycles. The lowest BCUT2D eigenvalue weighted by Gasteiger charge is -2.23. The van der Waals surface area contributed by atoms with Crippen LogP contribution >= 0.6 is 0 Å². The SMILES string of the molecule is CC/C=C/c1cc(Oc2ccc(C(C)(C)C)c(/C=C/CC)c2)ccc1C(C)(C)C. The minimum Gasteiger partial charge on any atom is -0.457 e. The third-order valence-electron chi connectivity index (χ3n) is 4.96. The highest BCUT2D eigenvalue weighted by atomic mass is 16.5. The Morgan fingerprint density at radius 1 is 0.655 bits per heavy atom. The van der Waals surface area contributed by atoms with Gasteiger partial charge in [-0.1, -0.05) is 91.8 Å². The van der Waals surface area contributed by atoms with Crippen LogP contribution in [-0.4, -0.2) is 0 Å². The first-order valence-corrected chi connectivity index (χ1v) is 10.9. The summed E-state index contributed by atoms with van der Waals surface area (Å²) in [6.07, 6.45) is 10.9. The van der Waals surface area contributed by atoms with Crippen molar-refractivity contribution in [1.29, 1.82) is 0 Å². The molecule has 156 valence electrons. The Morgan fingerprint density at radius 3 is 1.34 bits per heavy atom. The molecule has 29 heavy (non-hydrogen) atoms. The number of rotatable bonds is 6. The molecule has 0 saturated carbocycles. The second-order valence-corrected chi connectivity index (χ2v) is 9.72. The van der Waals surface area contributed by atoms with Crippen molar-refractivity contribution in [1.82, 2.24) is 0 Å². The predicted octanol–water partition coefficient (Wildman–Crippen LogP) is 8.92. The van der Waals surface area contributed by atoms with Gasteiger partial charge < -0.3 is 4.74 Å². The van der Waals surface area contributed by atoms with E-state index in [-0.39, 0.29) is 10.8 Å². The highest BCUT2D eigenvalue weighted by Gasteiger charge is 2.19. The molecule has 0 spiro atoms. The van der Waals surface area contributed by atoms with E-state index in [9.17, 15) is 0 Å². The third-order valence-corrected chi connectivity index (χ3v) is 4.96. The van der Waals surface area contributed by atoms with Gasteiger partial charge in [0.2, 0.25) is 0 Å². The number of ether oxygens (including phenoxy) is 1. The van der Waals surface area contributed by atoms with Gasteiger partial charge in [0.15, 0.2) is 0 Å². The molecule has 0 bridgehead atoms. The van der Waals surface area contributed by atoms with Crippen molar-refractivity contribution in [2.75, 3.05) is 0 Å². The summed E-state index contributed by atoms with van der Waals surface area (Å²) in [5.41, 5.74) is 5.33. The smallest absolute Gasteiger partial charge is 0.128 e. The molecule has 0 radical (unpaired) electrons. The van der Waals surface area contributed by atoms with Crippen molar-refractivity contribution in [3.05, 3.63) is 70.8 Å². The molecule has 0 aromatic heterocycles. The van der Waals surface area contributed by atoms with Gasteiger partial charge in [-0.15, -0.1) is 0 Å². The van der Waals surface area contributed by atoms with Gasteiger partial charge in [-0.3, -0.25) is 0 Å². The van der Waals surface area contributed by atoms with Gasteiger partial charge in [-0.2, -0.15) is 0 Å². The van der Waals surface area contributed by atoms with Crippen LogP contribution in [0.4, 0.5) is 0 Å². The molecule has 2 rings (SSSR count). The lowest BCUT2D eigenvalue weighted by molar-refractivity contribution is 0.480. The highest BCUT2D eigenvalue weighted by Crippen LogP contribution is 2.34. The summed E-state index contributed by atoms with van der Waals surface area (Å²) < 4.78 is 6.29. The zero-order valence-corrected chi connectivity index (χ0v) is 19.6. The Labute approximate surface area is 178 Å². The second-order valence-electron chi connectivity index (χ2n) is 9.72. The van der Waals surface area contributed by atoms with Crippen LogP contribution in [0.3, 0.4) is 0 Å². The number of benzene rings is 2. The first-order valence-electron chi connectivity index (χ1n) is 10.9. The maximum absolute atomic E-state index is 6.29. The maximum atomic E-state index is 6.29. The van der Waals surface area contributed by atoms with Gasteiger partial charge in [0.1, 0.15) is 11.5 Å². The largest absolute Gasteiger partial charge is 0.457 e. The van der Waals surface area contributed by atoms with Crippen LogP contribution in [0.5, 0.6) is 11.5 Å². The van der Waals surface area contributed by atoms with Crippen LogP contribution < -0.4 is 4.74 Å². The Balaban J connectivity index is 2.43. The van der Waals surface area contributed by atoms with Gasteiger partial charge >= 0.3 is 0 Å². The standard InChI is InChI=1S/C28H38O/c1-9-11-13-21-19-23(15-17-25(21)27(3,4)5)29-24-16-18-26(28(6,7)8)22(20-24)14-12-10-2/h11-20H,9-10H2,1-8H3/b13-11+,14-12+. The summed E-state index contributed by atoms with van der Waals surface area (Å²) in [5, 5.41) is 0. The molecular formula is C28H38O. The zero-order valence-electron chi connectivity index (χ0n) is 19.6. The van der Waals surface area contributed by atoms with Crippen LogP contribution in [0.25, 0.3) is 12.2 Å². The molecule has 0 saturated heterocycles. The molecule has 2 aromatic rings. The van der Waals surface area contributed by atoms with Crippen LogP contribution in [0.15, 0.2) is 48.6 Å². The summed E-state index contributed by atoms with van der Waals surface area (Å²) in [5.74, 6) is 1.75. The third kappa shape index (κ3) is 6.35. The van der Waals surface area contributed by atoms with Gasteiger partial charge in [-0.05, 0) is 70.2 Å². The molecule has 0 unspecified atom stereocenters. The van der Waals surface area contributed by atoms with Gasteiger partial charge in [0, 0.05) is 0 Å². The van der Waals surface area contributed by atoms with Crippen molar-refractivity contribution in [3.8, 4) is 11.5 Å². The van der Waals surface area contributed by atoms with E-state index < -0.39 is 0 Å². The average Bonchev–Trinajstić information content (AvgIpc) is 2.63. The summed E-state index contributed by atoms with van der Waals surface area (Å²) in [7, 11) is 0. The van der Waals surface area contributed by atoms with E-state index in [1.807, 2.05) is 0 Å². The van der Waals surface area contributed by atoms with Crippen molar-refractivity contribution in [2.24, 2.45) is 0 Å². The fourth-order valence-corrected chi connectivity index (χ4v) is 3.48. The minimum absolute atomic E-state index is 0.0957. The van der Waals surface area contributed by atoms with Crippen LogP contribution in [0, 0.1) is 0 Å². The molecule has 0 aliphatic carbocycles. The molecule has 1 nitrogen and oxygen atoms in total. The van der Waals surface area contributed by atoms with Crippen molar-refractivity contribution >= 4 is 12.2 Å².